The fraction of sp³-hybridized carbons (Fsp3) is 0.0870. The van der Waals surface area contributed by atoms with Crippen molar-refractivity contribution in [2.24, 2.45) is 0 Å². The molecule has 0 bridgehead atoms. The molecule has 0 spiro atoms. The van der Waals surface area contributed by atoms with E-state index >= 15 is 0 Å². The lowest BCUT2D eigenvalue weighted by atomic mass is 10.1. The smallest absolute Gasteiger partial charge is 0.338 e. The van der Waals surface area contributed by atoms with Gasteiger partial charge in [0.05, 0.1) is 31.0 Å². The summed E-state index contributed by atoms with van der Waals surface area (Å²) in [4.78, 5) is 36.5. The predicted octanol–water partition coefficient (Wildman–Crippen LogP) is 4.30. The summed E-state index contributed by atoms with van der Waals surface area (Å²) in [6, 6.07) is 20.0. The summed E-state index contributed by atoms with van der Waals surface area (Å²) in [5, 5.41) is 2.80. The van der Waals surface area contributed by atoms with Crippen molar-refractivity contribution in [3.8, 4) is 11.5 Å². The molecule has 0 aliphatic rings. The van der Waals surface area contributed by atoms with Gasteiger partial charge in [-0.1, -0.05) is 30.3 Å². The van der Waals surface area contributed by atoms with Crippen LogP contribution >= 0.6 is 0 Å². The van der Waals surface area contributed by atoms with Crippen molar-refractivity contribution in [2.75, 3.05) is 19.5 Å². The highest BCUT2D eigenvalue weighted by Gasteiger charge is 2.20. The van der Waals surface area contributed by atoms with Gasteiger partial charge in [-0.3, -0.25) is 4.79 Å². The fourth-order valence-corrected chi connectivity index (χ4v) is 2.72. The van der Waals surface area contributed by atoms with E-state index in [9.17, 15) is 14.4 Å². The molecule has 0 aliphatic carbocycles. The third-order valence-electron chi connectivity index (χ3n) is 4.20. The van der Waals surface area contributed by atoms with Crippen LogP contribution in [-0.4, -0.2) is 32.1 Å². The maximum Gasteiger partial charge on any atom is 0.338 e. The van der Waals surface area contributed by atoms with Crippen LogP contribution in [0.3, 0.4) is 0 Å². The molecule has 3 rings (SSSR count). The van der Waals surface area contributed by atoms with E-state index in [-0.39, 0.29) is 22.8 Å². The lowest BCUT2D eigenvalue weighted by Crippen LogP contribution is -2.13. The molecule has 0 saturated carbocycles. The van der Waals surface area contributed by atoms with Crippen molar-refractivity contribution in [2.45, 2.75) is 0 Å². The van der Waals surface area contributed by atoms with Gasteiger partial charge >= 0.3 is 11.9 Å². The number of rotatable bonds is 6. The third kappa shape index (κ3) is 4.64. The Hall–Kier alpha value is -4.13. The van der Waals surface area contributed by atoms with Gasteiger partial charge in [-0.15, -0.1) is 0 Å². The Balaban J connectivity index is 1.89. The molecule has 0 unspecified atom stereocenters. The number of benzene rings is 3. The molecule has 1 amide bonds. The molecule has 0 fully saturated rings. The Kier molecular flexibility index (Phi) is 6.44. The molecule has 0 radical (unpaired) electrons. The number of methoxy groups -OCH3 is 2. The first-order chi connectivity index (χ1) is 14.5. The number of hydrogen-bond donors (Lipinski definition) is 1. The minimum absolute atomic E-state index is 0.00709. The molecule has 0 aromatic heterocycles. The summed E-state index contributed by atoms with van der Waals surface area (Å²) in [6.07, 6.45) is 0. The van der Waals surface area contributed by atoms with Gasteiger partial charge in [0.15, 0.2) is 5.75 Å². The van der Waals surface area contributed by atoms with Gasteiger partial charge in [0, 0.05) is 5.56 Å². The van der Waals surface area contributed by atoms with E-state index in [1.807, 2.05) is 6.07 Å². The van der Waals surface area contributed by atoms with E-state index in [1.54, 1.807) is 48.5 Å². The monoisotopic (exact) mass is 405 g/mol. The zero-order valence-electron chi connectivity index (χ0n) is 16.4. The number of para-hydroxylation sites is 2. The Morgan fingerprint density at radius 2 is 1.37 bits per heavy atom. The summed E-state index contributed by atoms with van der Waals surface area (Å²) in [5.74, 6) is -1.01. The van der Waals surface area contributed by atoms with Crippen LogP contribution in [0.4, 0.5) is 5.69 Å². The van der Waals surface area contributed by atoms with Crippen LogP contribution < -0.4 is 10.1 Å². The highest BCUT2D eigenvalue weighted by atomic mass is 16.5. The van der Waals surface area contributed by atoms with Gasteiger partial charge in [0.1, 0.15) is 5.75 Å². The van der Waals surface area contributed by atoms with Gasteiger partial charge in [-0.05, 0) is 42.5 Å². The molecule has 0 atom stereocenters. The fourth-order valence-electron chi connectivity index (χ4n) is 2.72. The summed E-state index contributed by atoms with van der Waals surface area (Å²) < 4.78 is 15.3. The number of nitrogens with one attached hydrogen (secondary N) is 1. The lowest BCUT2D eigenvalue weighted by molar-refractivity contribution is 0.0555. The first-order valence-corrected chi connectivity index (χ1v) is 8.97. The van der Waals surface area contributed by atoms with Crippen molar-refractivity contribution in [3.63, 3.8) is 0 Å². The Morgan fingerprint density at radius 1 is 0.733 bits per heavy atom. The highest BCUT2D eigenvalue weighted by Crippen LogP contribution is 2.31. The second-order valence-corrected chi connectivity index (χ2v) is 6.11. The average Bonchev–Trinajstić information content (AvgIpc) is 2.79. The van der Waals surface area contributed by atoms with Crippen LogP contribution in [0.2, 0.25) is 0 Å². The van der Waals surface area contributed by atoms with Crippen molar-refractivity contribution in [1.29, 1.82) is 0 Å². The zero-order valence-corrected chi connectivity index (χ0v) is 16.4. The molecule has 1 N–H and O–H groups in total. The largest absolute Gasteiger partial charge is 0.465 e. The second-order valence-electron chi connectivity index (χ2n) is 6.11. The van der Waals surface area contributed by atoms with Crippen LogP contribution in [0.1, 0.15) is 31.1 Å². The molecular weight excluding hydrogens is 386 g/mol. The SMILES string of the molecule is COC(=O)c1ccc(Oc2ccccc2NC(=O)c2ccccc2)cc1C(=O)OC. The molecule has 0 aliphatic heterocycles. The Labute approximate surface area is 173 Å². The number of esters is 2. The quantitative estimate of drug-likeness (QED) is 0.615. The number of ether oxygens (including phenoxy) is 3. The van der Waals surface area contributed by atoms with Crippen molar-refractivity contribution in [1.82, 2.24) is 0 Å². The maximum atomic E-state index is 12.5. The van der Waals surface area contributed by atoms with Crippen LogP contribution in [0.15, 0.2) is 72.8 Å². The van der Waals surface area contributed by atoms with E-state index in [1.165, 1.54) is 32.4 Å². The minimum atomic E-state index is -0.702. The molecule has 0 heterocycles. The number of amides is 1. The lowest BCUT2D eigenvalue weighted by Gasteiger charge is -2.14. The van der Waals surface area contributed by atoms with E-state index < -0.39 is 11.9 Å². The van der Waals surface area contributed by atoms with Crippen molar-refractivity contribution in [3.05, 3.63) is 89.5 Å². The van der Waals surface area contributed by atoms with Crippen LogP contribution in [-0.2, 0) is 9.47 Å². The normalized spacial score (nSPS) is 10.1. The molecule has 0 saturated heterocycles. The molecule has 3 aromatic rings. The van der Waals surface area contributed by atoms with Gasteiger partial charge in [-0.25, -0.2) is 9.59 Å². The minimum Gasteiger partial charge on any atom is -0.465 e. The molecule has 7 heteroatoms. The molecular formula is C23H19NO6. The van der Waals surface area contributed by atoms with Crippen LogP contribution in [0, 0.1) is 0 Å². The van der Waals surface area contributed by atoms with E-state index in [0.29, 0.717) is 17.0 Å². The standard InChI is InChI=1S/C23H19NO6/c1-28-22(26)17-13-12-16(14-18(17)23(27)29-2)30-20-11-7-6-10-19(20)24-21(25)15-8-4-3-5-9-15/h3-14H,1-2H3,(H,24,25). The topological polar surface area (TPSA) is 90.9 Å². The Morgan fingerprint density at radius 3 is 2.07 bits per heavy atom. The molecule has 152 valence electrons. The first kappa shape index (κ1) is 20.6. The highest BCUT2D eigenvalue weighted by molar-refractivity contribution is 6.05. The summed E-state index contributed by atoms with van der Waals surface area (Å²) in [7, 11) is 2.44. The van der Waals surface area contributed by atoms with Gasteiger partial charge in [0.25, 0.3) is 5.91 Å². The number of hydrogen-bond acceptors (Lipinski definition) is 6. The Bertz CT molecular complexity index is 1080. The van der Waals surface area contributed by atoms with Crippen LogP contribution in [0.25, 0.3) is 0 Å². The number of anilines is 1. The van der Waals surface area contributed by atoms with E-state index in [0.717, 1.165) is 0 Å². The number of carbonyl (C=O) groups excluding carboxylic acids is 3. The van der Waals surface area contributed by atoms with Gasteiger partial charge < -0.3 is 19.5 Å². The van der Waals surface area contributed by atoms with Crippen molar-refractivity contribution < 1.29 is 28.6 Å². The summed E-state index contributed by atoms with van der Waals surface area (Å²) in [5.41, 5.74) is 1.01. The average molecular weight is 405 g/mol. The predicted molar refractivity (Wildman–Crippen MR) is 110 cm³/mol. The molecule has 3 aromatic carbocycles. The number of carbonyl (C=O) groups is 3. The van der Waals surface area contributed by atoms with Gasteiger partial charge in [0.2, 0.25) is 0 Å². The summed E-state index contributed by atoms with van der Waals surface area (Å²) in [6.45, 7) is 0. The second kappa shape index (κ2) is 9.38. The van der Waals surface area contributed by atoms with Gasteiger partial charge in [-0.2, -0.15) is 0 Å². The maximum absolute atomic E-state index is 12.5. The molecule has 30 heavy (non-hydrogen) atoms. The van der Waals surface area contributed by atoms with E-state index in [4.69, 9.17) is 14.2 Å². The molecule has 7 nitrogen and oxygen atoms in total. The summed E-state index contributed by atoms with van der Waals surface area (Å²) >= 11 is 0. The third-order valence-corrected chi connectivity index (χ3v) is 4.20. The van der Waals surface area contributed by atoms with E-state index in [2.05, 4.69) is 5.32 Å². The van der Waals surface area contributed by atoms with Crippen LogP contribution in [0.5, 0.6) is 11.5 Å². The van der Waals surface area contributed by atoms with Crippen molar-refractivity contribution >= 4 is 23.5 Å². The first-order valence-electron chi connectivity index (χ1n) is 8.97. The zero-order chi connectivity index (χ0) is 21.5.